The van der Waals surface area contributed by atoms with Gasteiger partial charge in [0.2, 0.25) is 0 Å². The fourth-order valence-electron chi connectivity index (χ4n) is 3.48. The third kappa shape index (κ3) is 4.59. The largest absolute Gasteiger partial charge is 0.398 e. The number of halogens is 1. The Morgan fingerprint density at radius 2 is 2.30 bits per heavy atom. The first-order valence-electron chi connectivity index (χ1n) is 9.71. The second-order valence-electron chi connectivity index (χ2n) is 7.01. The van der Waals surface area contributed by atoms with E-state index in [-0.39, 0.29) is 30.2 Å². The zero-order valence-corrected chi connectivity index (χ0v) is 17.0. The van der Waals surface area contributed by atoms with Crippen LogP contribution in [0.5, 0.6) is 0 Å². The van der Waals surface area contributed by atoms with E-state index in [2.05, 4.69) is 27.1 Å². The van der Waals surface area contributed by atoms with Gasteiger partial charge in [0.1, 0.15) is 12.0 Å². The molecule has 1 aromatic carbocycles. The molecule has 7 N–H and O–H groups in total. The lowest BCUT2D eigenvalue weighted by atomic mass is 9.97. The number of nitrogens with one attached hydrogen (secondary N) is 3. The molecule has 2 atom stereocenters. The highest BCUT2D eigenvalue weighted by Gasteiger charge is 2.26. The topological polar surface area (TPSA) is 125 Å². The fourth-order valence-corrected chi connectivity index (χ4v) is 3.48. The molecule has 0 aromatic heterocycles. The Kier molecular flexibility index (Phi) is 6.99. The second kappa shape index (κ2) is 9.66. The minimum Gasteiger partial charge on any atom is -0.398 e. The maximum atomic E-state index is 14.5. The number of nitrogen functional groups attached to an aromatic ring is 1. The van der Waals surface area contributed by atoms with Crippen LogP contribution in [0, 0.1) is 11.2 Å². The number of benzene rings is 1. The van der Waals surface area contributed by atoms with E-state index in [1.807, 2.05) is 6.08 Å². The molecule has 3 rings (SSSR count). The van der Waals surface area contributed by atoms with Gasteiger partial charge in [-0.2, -0.15) is 0 Å². The summed E-state index contributed by atoms with van der Waals surface area (Å²) in [5.74, 6) is -0.482. The van der Waals surface area contributed by atoms with E-state index in [4.69, 9.17) is 21.6 Å². The second-order valence-corrected chi connectivity index (χ2v) is 7.01. The predicted molar refractivity (Wildman–Crippen MR) is 119 cm³/mol. The molecular weight excluding hydrogens is 385 g/mol. The van der Waals surface area contributed by atoms with Crippen LogP contribution >= 0.6 is 0 Å². The summed E-state index contributed by atoms with van der Waals surface area (Å²) in [7, 11) is 1.71. The van der Waals surface area contributed by atoms with E-state index in [1.54, 1.807) is 31.7 Å². The number of hydrogen-bond donors (Lipinski definition) is 5. The van der Waals surface area contributed by atoms with Crippen LogP contribution in [0.3, 0.4) is 0 Å². The standard InChI is InChI=1S/C21H28FN7O/c1-3-14-11-29(4-5-30-14)20-8-19(27-12-28-20)21(25)16-6-15(13(9-23)10-26-2)17(22)7-18(16)24/h3,6-8,10,12,14,20,25-26H,1,4-5,9,11,23-24H2,2H3,(H,27,28)/b13-10+,25-21?/t14-,20?/m0/s1. The summed E-state index contributed by atoms with van der Waals surface area (Å²) in [6, 6.07) is 2.79. The van der Waals surface area contributed by atoms with E-state index in [9.17, 15) is 4.39 Å². The van der Waals surface area contributed by atoms with Crippen molar-refractivity contribution in [3.05, 3.63) is 59.7 Å². The molecule has 0 saturated carbocycles. The summed E-state index contributed by atoms with van der Waals surface area (Å²) in [5, 5.41) is 14.6. The molecule has 0 bridgehead atoms. The SMILES string of the molecule is C=C[C@H]1CN(C2C=C(C(=N)c3cc(/C(=C/NC)CN)c(F)cc3N)NC=N2)CCO1. The van der Waals surface area contributed by atoms with Gasteiger partial charge in [-0.1, -0.05) is 6.08 Å². The Labute approximate surface area is 175 Å². The van der Waals surface area contributed by atoms with Gasteiger partial charge in [0.15, 0.2) is 0 Å². The molecule has 8 nitrogen and oxygen atoms in total. The van der Waals surface area contributed by atoms with Crippen molar-refractivity contribution in [1.82, 2.24) is 15.5 Å². The van der Waals surface area contributed by atoms with Gasteiger partial charge in [-0.15, -0.1) is 6.58 Å². The Morgan fingerprint density at radius 3 is 3.00 bits per heavy atom. The fraction of sp³-hybridized carbons (Fsp3) is 0.333. The van der Waals surface area contributed by atoms with Gasteiger partial charge in [0, 0.05) is 49.7 Å². The van der Waals surface area contributed by atoms with Crippen molar-refractivity contribution in [2.45, 2.75) is 12.3 Å². The van der Waals surface area contributed by atoms with Crippen molar-refractivity contribution >= 4 is 23.3 Å². The van der Waals surface area contributed by atoms with Crippen LogP contribution in [-0.4, -0.2) is 62.5 Å². The number of allylic oxidation sites excluding steroid dienone is 1. The molecule has 9 heteroatoms. The molecule has 30 heavy (non-hydrogen) atoms. The van der Waals surface area contributed by atoms with Crippen LogP contribution in [0.4, 0.5) is 10.1 Å². The molecule has 0 spiro atoms. The lowest BCUT2D eigenvalue weighted by Gasteiger charge is -2.35. The molecule has 0 aliphatic carbocycles. The normalized spacial score (nSPS) is 22.2. The first-order chi connectivity index (χ1) is 14.5. The number of aliphatic imine (C=N–C) groups is 1. The molecule has 2 aliphatic rings. The van der Waals surface area contributed by atoms with E-state index in [0.29, 0.717) is 35.5 Å². The van der Waals surface area contributed by atoms with Gasteiger partial charge in [-0.25, -0.2) is 4.39 Å². The summed E-state index contributed by atoms with van der Waals surface area (Å²) in [4.78, 5) is 6.62. The van der Waals surface area contributed by atoms with Crippen molar-refractivity contribution in [2.24, 2.45) is 10.7 Å². The minimum atomic E-state index is -0.482. The smallest absolute Gasteiger partial charge is 0.132 e. The van der Waals surface area contributed by atoms with Crippen molar-refractivity contribution < 1.29 is 9.13 Å². The number of nitrogens with two attached hydrogens (primary N) is 2. The van der Waals surface area contributed by atoms with Gasteiger partial charge in [-0.05, 0) is 23.8 Å². The van der Waals surface area contributed by atoms with E-state index in [1.165, 1.54) is 6.07 Å². The molecule has 1 fully saturated rings. The maximum absolute atomic E-state index is 14.5. The monoisotopic (exact) mass is 413 g/mol. The van der Waals surface area contributed by atoms with Crippen molar-refractivity contribution in [1.29, 1.82) is 5.41 Å². The van der Waals surface area contributed by atoms with Crippen molar-refractivity contribution in [3.8, 4) is 0 Å². The zero-order valence-electron chi connectivity index (χ0n) is 17.0. The van der Waals surface area contributed by atoms with Gasteiger partial charge in [0.25, 0.3) is 0 Å². The van der Waals surface area contributed by atoms with Crippen molar-refractivity contribution in [3.63, 3.8) is 0 Å². The zero-order chi connectivity index (χ0) is 21.7. The van der Waals surface area contributed by atoms with E-state index < -0.39 is 5.82 Å². The van der Waals surface area contributed by atoms with Crippen LogP contribution in [0.25, 0.3) is 5.57 Å². The summed E-state index contributed by atoms with van der Waals surface area (Å²) in [6.07, 6.45) is 6.56. The average molecular weight is 414 g/mol. The van der Waals surface area contributed by atoms with E-state index >= 15 is 0 Å². The third-order valence-electron chi connectivity index (χ3n) is 5.09. The summed E-state index contributed by atoms with van der Waals surface area (Å²) in [5.41, 5.74) is 14.0. The summed E-state index contributed by atoms with van der Waals surface area (Å²) >= 11 is 0. The Hall–Kier alpha value is -3.01. The van der Waals surface area contributed by atoms with Crippen LogP contribution in [0.1, 0.15) is 11.1 Å². The van der Waals surface area contributed by atoms with Crippen molar-refractivity contribution in [2.75, 3.05) is 39.0 Å². The molecule has 1 saturated heterocycles. The molecule has 160 valence electrons. The number of hydrogen-bond acceptors (Lipinski definition) is 8. The van der Waals surface area contributed by atoms with Crippen LogP contribution in [0.15, 0.2) is 47.8 Å². The van der Waals surface area contributed by atoms with Gasteiger partial charge in [-0.3, -0.25) is 15.3 Å². The number of ether oxygens (including phenoxy) is 1. The highest BCUT2D eigenvalue weighted by Crippen LogP contribution is 2.26. The number of rotatable bonds is 7. The Bertz CT molecular complexity index is 909. The number of anilines is 1. The van der Waals surface area contributed by atoms with Gasteiger partial charge < -0.3 is 26.8 Å². The lowest BCUT2D eigenvalue weighted by Crippen LogP contribution is -2.47. The Morgan fingerprint density at radius 1 is 1.50 bits per heavy atom. The first kappa shape index (κ1) is 21.7. The minimum absolute atomic E-state index is 0.0518. The average Bonchev–Trinajstić information content (AvgIpc) is 2.77. The highest BCUT2D eigenvalue weighted by atomic mass is 19.1. The summed E-state index contributed by atoms with van der Waals surface area (Å²) in [6.45, 7) is 5.91. The van der Waals surface area contributed by atoms with Gasteiger partial charge >= 0.3 is 0 Å². The highest BCUT2D eigenvalue weighted by molar-refractivity contribution is 6.14. The van der Waals surface area contributed by atoms with Crippen LogP contribution in [-0.2, 0) is 4.74 Å². The molecule has 1 aromatic rings. The molecule has 2 aliphatic heterocycles. The molecule has 0 amide bonds. The molecule has 1 unspecified atom stereocenters. The lowest BCUT2D eigenvalue weighted by molar-refractivity contribution is -0.0122. The third-order valence-corrected chi connectivity index (χ3v) is 5.09. The summed E-state index contributed by atoms with van der Waals surface area (Å²) < 4.78 is 20.1. The predicted octanol–water partition coefficient (Wildman–Crippen LogP) is 1.02. The number of nitrogens with zero attached hydrogens (tertiary/aromatic N) is 2. The first-order valence-corrected chi connectivity index (χ1v) is 9.71. The number of morpholine rings is 1. The Balaban J connectivity index is 1.89. The molecular formula is C21H28FN7O. The van der Waals surface area contributed by atoms with Gasteiger partial charge in [0.05, 0.1) is 30.5 Å². The molecule has 0 radical (unpaired) electrons. The van der Waals surface area contributed by atoms with Crippen LogP contribution < -0.4 is 22.1 Å². The maximum Gasteiger partial charge on any atom is 0.132 e. The quantitative estimate of drug-likeness (QED) is 0.258. The van der Waals surface area contributed by atoms with E-state index in [0.717, 1.165) is 6.54 Å². The van der Waals surface area contributed by atoms with Crippen LogP contribution in [0.2, 0.25) is 0 Å². The molecule has 2 heterocycles.